The second-order valence-corrected chi connectivity index (χ2v) is 5.03. The molecule has 0 spiro atoms. The standard InChI is InChI=1S/C11H16N4S/c1-7-5-16-10-9(7)13-6-14-11(10)15(3)4-8(2)12/h5-6,8H,4,12H2,1-3H3. The van der Waals surface area contributed by atoms with Gasteiger partial charge in [0.15, 0.2) is 0 Å². The summed E-state index contributed by atoms with van der Waals surface area (Å²) in [7, 11) is 2.01. The highest BCUT2D eigenvalue weighted by Gasteiger charge is 2.12. The van der Waals surface area contributed by atoms with Crippen LogP contribution in [-0.4, -0.2) is 29.6 Å². The Morgan fingerprint density at radius 3 is 2.94 bits per heavy atom. The van der Waals surface area contributed by atoms with Gasteiger partial charge in [-0.2, -0.15) is 0 Å². The molecule has 0 aromatic carbocycles. The third kappa shape index (κ3) is 2.01. The van der Waals surface area contributed by atoms with Crippen LogP contribution in [0.4, 0.5) is 5.82 Å². The first-order chi connectivity index (χ1) is 7.59. The molecule has 86 valence electrons. The molecule has 16 heavy (non-hydrogen) atoms. The molecule has 0 fully saturated rings. The first-order valence-corrected chi connectivity index (χ1v) is 6.13. The maximum absolute atomic E-state index is 5.80. The molecule has 4 nitrogen and oxygen atoms in total. The van der Waals surface area contributed by atoms with E-state index >= 15 is 0 Å². The molecule has 0 saturated heterocycles. The van der Waals surface area contributed by atoms with Crippen molar-refractivity contribution in [3.8, 4) is 0 Å². The Bertz CT molecular complexity index is 492. The number of aromatic nitrogens is 2. The first-order valence-electron chi connectivity index (χ1n) is 5.25. The van der Waals surface area contributed by atoms with Crippen molar-refractivity contribution in [3.63, 3.8) is 0 Å². The molecule has 0 aliphatic heterocycles. The van der Waals surface area contributed by atoms with Crippen LogP contribution in [0.15, 0.2) is 11.7 Å². The molecule has 0 bridgehead atoms. The number of hydrogen-bond donors (Lipinski definition) is 1. The third-order valence-corrected chi connectivity index (χ3v) is 3.52. The maximum Gasteiger partial charge on any atom is 0.149 e. The average Bonchev–Trinajstić information content (AvgIpc) is 2.59. The fraction of sp³-hybridized carbons (Fsp3) is 0.455. The highest BCUT2D eigenvalue weighted by Crippen LogP contribution is 2.30. The number of fused-ring (bicyclic) bond motifs is 1. The molecule has 2 aromatic rings. The summed E-state index contributed by atoms with van der Waals surface area (Å²) in [5.41, 5.74) is 8.05. The lowest BCUT2D eigenvalue weighted by molar-refractivity contribution is 0.713. The van der Waals surface area contributed by atoms with E-state index in [9.17, 15) is 0 Å². The van der Waals surface area contributed by atoms with Gasteiger partial charge in [-0.1, -0.05) is 0 Å². The summed E-state index contributed by atoms with van der Waals surface area (Å²) >= 11 is 1.69. The molecule has 2 rings (SSSR count). The number of aryl methyl sites for hydroxylation is 1. The second-order valence-electron chi connectivity index (χ2n) is 4.15. The van der Waals surface area contributed by atoms with Gasteiger partial charge in [-0.3, -0.25) is 0 Å². The SMILES string of the molecule is Cc1csc2c(N(C)CC(C)N)ncnc12. The average molecular weight is 236 g/mol. The van der Waals surface area contributed by atoms with Crippen LogP contribution in [0, 0.1) is 6.92 Å². The molecule has 2 heterocycles. The van der Waals surface area contributed by atoms with E-state index in [0.717, 1.165) is 22.6 Å². The summed E-state index contributed by atoms with van der Waals surface area (Å²) in [6.45, 7) is 4.86. The molecule has 0 saturated carbocycles. The Hall–Kier alpha value is -1.20. The number of rotatable bonds is 3. The Kier molecular flexibility index (Phi) is 3.07. The number of nitrogens with two attached hydrogens (primary N) is 1. The molecule has 0 radical (unpaired) electrons. The summed E-state index contributed by atoms with van der Waals surface area (Å²) in [5, 5.41) is 2.11. The van der Waals surface area contributed by atoms with Crippen molar-refractivity contribution in [1.29, 1.82) is 0 Å². The van der Waals surface area contributed by atoms with E-state index in [1.54, 1.807) is 17.7 Å². The normalized spacial score (nSPS) is 13.0. The van der Waals surface area contributed by atoms with Crippen molar-refractivity contribution < 1.29 is 0 Å². The number of thiophene rings is 1. The second kappa shape index (κ2) is 4.35. The summed E-state index contributed by atoms with van der Waals surface area (Å²) in [6.07, 6.45) is 1.62. The lowest BCUT2D eigenvalue weighted by Gasteiger charge is -2.20. The third-order valence-electron chi connectivity index (χ3n) is 2.44. The highest BCUT2D eigenvalue weighted by molar-refractivity contribution is 7.18. The van der Waals surface area contributed by atoms with E-state index in [1.807, 2.05) is 14.0 Å². The molecule has 2 N–H and O–H groups in total. The van der Waals surface area contributed by atoms with Crippen molar-refractivity contribution in [3.05, 3.63) is 17.3 Å². The summed E-state index contributed by atoms with van der Waals surface area (Å²) in [5.74, 6) is 0.973. The molecule has 0 aliphatic carbocycles. The maximum atomic E-state index is 5.80. The molecular weight excluding hydrogens is 220 g/mol. The minimum Gasteiger partial charge on any atom is -0.357 e. The van der Waals surface area contributed by atoms with Crippen LogP contribution in [0.25, 0.3) is 10.2 Å². The molecule has 5 heteroatoms. The van der Waals surface area contributed by atoms with Gasteiger partial charge in [0, 0.05) is 19.6 Å². The van der Waals surface area contributed by atoms with Crippen LogP contribution in [-0.2, 0) is 0 Å². The fourth-order valence-corrected chi connectivity index (χ4v) is 2.79. The number of anilines is 1. The van der Waals surface area contributed by atoms with Crippen molar-refractivity contribution in [2.24, 2.45) is 5.73 Å². The van der Waals surface area contributed by atoms with Crippen LogP contribution < -0.4 is 10.6 Å². The monoisotopic (exact) mass is 236 g/mol. The van der Waals surface area contributed by atoms with Crippen molar-refractivity contribution in [1.82, 2.24) is 9.97 Å². The van der Waals surface area contributed by atoms with E-state index < -0.39 is 0 Å². The van der Waals surface area contributed by atoms with Crippen molar-refractivity contribution in [2.45, 2.75) is 19.9 Å². The van der Waals surface area contributed by atoms with E-state index in [-0.39, 0.29) is 6.04 Å². The van der Waals surface area contributed by atoms with Gasteiger partial charge in [0.1, 0.15) is 12.1 Å². The van der Waals surface area contributed by atoms with Gasteiger partial charge in [-0.25, -0.2) is 9.97 Å². The zero-order valence-corrected chi connectivity index (χ0v) is 10.6. The predicted octanol–water partition coefficient (Wildman–Crippen LogP) is 1.78. The van der Waals surface area contributed by atoms with Gasteiger partial charge in [0.05, 0.1) is 10.2 Å². The zero-order valence-electron chi connectivity index (χ0n) is 9.77. The van der Waals surface area contributed by atoms with E-state index in [2.05, 4.69) is 27.2 Å². The number of likely N-dealkylation sites (N-methyl/N-ethyl adjacent to an activating group) is 1. The predicted molar refractivity (Wildman–Crippen MR) is 69.1 cm³/mol. The molecule has 2 aromatic heterocycles. The largest absolute Gasteiger partial charge is 0.357 e. The molecule has 1 unspecified atom stereocenters. The van der Waals surface area contributed by atoms with Gasteiger partial charge in [-0.05, 0) is 24.8 Å². The Labute approximate surface area is 99.1 Å². The minimum absolute atomic E-state index is 0.135. The zero-order chi connectivity index (χ0) is 11.7. The van der Waals surface area contributed by atoms with Crippen molar-refractivity contribution >= 4 is 27.4 Å². The Morgan fingerprint density at radius 2 is 2.25 bits per heavy atom. The lowest BCUT2D eigenvalue weighted by Crippen LogP contribution is -2.33. The number of hydrogen-bond acceptors (Lipinski definition) is 5. The summed E-state index contributed by atoms with van der Waals surface area (Å²) < 4.78 is 1.14. The Morgan fingerprint density at radius 1 is 1.50 bits per heavy atom. The van der Waals surface area contributed by atoms with E-state index in [4.69, 9.17) is 5.73 Å². The van der Waals surface area contributed by atoms with Crippen LogP contribution >= 0.6 is 11.3 Å². The topological polar surface area (TPSA) is 55.0 Å². The summed E-state index contributed by atoms with van der Waals surface area (Å²) in [6, 6.07) is 0.135. The van der Waals surface area contributed by atoms with Crippen LogP contribution in [0.2, 0.25) is 0 Å². The van der Waals surface area contributed by atoms with Gasteiger partial charge in [-0.15, -0.1) is 11.3 Å². The van der Waals surface area contributed by atoms with Crippen LogP contribution in [0.3, 0.4) is 0 Å². The quantitative estimate of drug-likeness (QED) is 0.882. The summed E-state index contributed by atoms with van der Waals surface area (Å²) in [4.78, 5) is 10.7. The highest BCUT2D eigenvalue weighted by atomic mass is 32.1. The Balaban J connectivity index is 2.44. The molecule has 1 atom stereocenters. The minimum atomic E-state index is 0.135. The van der Waals surface area contributed by atoms with Gasteiger partial charge in [0.2, 0.25) is 0 Å². The van der Waals surface area contributed by atoms with Crippen LogP contribution in [0.1, 0.15) is 12.5 Å². The fourth-order valence-electron chi connectivity index (χ4n) is 1.75. The van der Waals surface area contributed by atoms with E-state index in [1.165, 1.54) is 5.56 Å². The van der Waals surface area contributed by atoms with Crippen LogP contribution in [0.5, 0.6) is 0 Å². The number of nitrogens with zero attached hydrogens (tertiary/aromatic N) is 3. The molecular formula is C11H16N4S. The lowest BCUT2D eigenvalue weighted by atomic mass is 10.3. The van der Waals surface area contributed by atoms with Gasteiger partial charge >= 0.3 is 0 Å². The van der Waals surface area contributed by atoms with E-state index in [0.29, 0.717) is 0 Å². The smallest absolute Gasteiger partial charge is 0.149 e. The van der Waals surface area contributed by atoms with Crippen molar-refractivity contribution in [2.75, 3.05) is 18.5 Å². The molecule has 0 aliphatic rings. The van der Waals surface area contributed by atoms with Gasteiger partial charge in [0.25, 0.3) is 0 Å². The van der Waals surface area contributed by atoms with Gasteiger partial charge < -0.3 is 10.6 Å². The first kappa shape index (κ1) is 11.3. The molecule has 0 amide bonds.